The van der Waals surface area contributed by atoms with Crippen LogP contribution < -0.4 is 5.73 Å². The first kappa shape index (κ1) is 11.7. The van der Waals surface area contributed by atoms with E-state index in [1.165, 1.54) is 7.05 Å². The molecule has 0 saturated heterocycles. The van der Waals surface area contributed by atoms with Gasteiger partial charge in [0.1, 0.15) is 0 Å². The highest BCUT2D eigenvalue weighted by molar-refractivity contribution is 4.42. The van der Waals surface area contributed by atoms with Crippen LogP contribution in [0.25, 0.3) is 0 Å². The molecule has 0 aromatic carbocycles. The van der Waals surface area contributed by atoms with Crippen LogP contribution in [0.1, 0.15) is 26.7 Å². The Bertz CT molecular complexity index is 37.9. The van der Waals surface area contributed by atoms with E-state index in [9.17, 15) is 4.39 Å². The largest absolute Gasteiger partial charge is 0.333 e. The standard InChI is InChI=1S/C6H13F.CH5N/c1-6(2)4-3-5-7;1-2/h6H,3-5H2,1-2H3;2H2,1H3. The molecule has 0 rings (SSSR count). The number of nitrogens with two attached hydrogens (primary N) is 1. The topological polar surface area (TPSA) is 26.0 Å². The molecule has 2 heteroatoms. The summed E-state index contributed by atoms with van der Waals surface area (Å²) in [5, 5.41) is 0. The third kappa shape index (κ3) is 18.1. The molecule has 0 aromatic heterocycles. The number of hydrogen-bond donors (Lipinski definition) is 1. The van der Waals surface area contributed by atoms with Gasteiger partial charge in [-0.3, -0.25) is 4.39 Å². The first-order valence-electron chi connectivity index (χ1n) is 3.41. The van der Waals surface area contributed by atoms with Crippen LogP contribution in [-0.2, 0) is 0 Å². The number of rotatable bonds is 3. The van der Waals surface area contributed by atoms with Crippen molar-refractivity contribution in [1.82, 2.24) is 0 Å². The molecule has 1 nitrogen and oxygen atoms in total. The Morgan fingerprint density at radius 2 is 1.78 bits per heavy atom. The lowest BCUT2D eigenvalue weighted by Crippen LogP contribution is -1.86. The van der Waals surface area contributed by atoms with Gasteiger partial charge in [-0.1, -0.05) is 13.8 Å². The molecule has 58 valence electrons. The van der Waals surface area contributed by atoms with Gasteiger partial charge in [-0.05, 0) is 25.8 Å². The molecule has 0 amide bonds. The van der Waals surface area contributed by atoms with Gasteiger partial charge in [-0.2, -0.15) is 0 Å². The van der Waals surface area contributed by atoms with E-state index in [1.807, 2.05) is 0 Å². The summed E-state index contributed by atoms with van der Waals surface area (Å²) in [6.45, 7) is 4.06. The van der Waals surface area contributed by atoms with Gasteiger partial charge in [0.2, 0.25) is 0 Å². The lowest BCUT2D eigenvalue weighted by Gasteiger charge is -1.97. The van der Waals surface area contributed by atoms with Crippen molar-refractivity contribution in [3.8, 4) is 0 Å². The molecule has 0 aliphatic rings. The van der Waals surface area contributed by atoms with Gasteiger partial charge < -0.3 is 5.73 Å². The molecule has 0 heterocycles. The van der Waals surface area contributed by atoms with Crippen LogP contribution in [0.3, 0.4) is 0 Å². The third-order valence-electron chi connectivity index (χ3n) is 0.915. The summed E-state index contributed by atoms with van der Waals surface area (Å²) in [5.41, 5.74) is 4.50. The van der Waals surface area contributed by atoms with Crippen molar-refractivity contribution in [2.75, 3.05) is 13.7 Å². The van der Waals surface area contributed by atoms with Crippen molar-refractivity contribution in [3.63, 3.8) is 0 Å². The quantitative estimate of drug-likeness (QED) is 0.629. The summed E-state index contributed by atoms with van der Waals surface area (Å²) < 4.78 is 11.4. The van der Waals surface area contributed by atoms with Gasteiger partial charge in [0.25, 0.3) is 0 Å². The highest BCUT2D eigenvalue weighted by atomic mass is 19.1. The molecule has 0 saturated carbocycles. The summed E-state index contributed by atoms with van der Waals surface area (Å²) in [6, 6.07) is 0. The number of alkyl halides is 1. The first-order valence-corrected chi connectivity index (χ1v) is 3.41. The molecular formula is C7H18FN. The van der Waals surface area contributed by atoms with E-state index in [1.54, 1.807) is 0 Å². The lowest BCUT2D eigenvalue weighted by molar-refractivity contribution is 0.430. The van der Waals surface area contributed by atoms with E-state index in [0.29, 0.717) is 5.92 Å². The van der Waals surface area contributed by atoms with E-state index in [4.69, 9.17) is 0 Å². The Morgan fingerprint density at radius 1 is 1.33 bits per heavy atom. The van der Waals surface area contributed by atoms with Crippen LogP contribution in [0, 0.1) is 5.92 Å². The highest BCUT2D eigenvalue weighted by Gasteiger charge is 1.90. The van der Waals surface area contributed by atoms with Crippen molar-refractivity contribution in [3.05, 3.63) is 0 Å². The van der Waals surface area contributed by atoms with E-state index in [0.717, 1.165) is 12.8 Å². The van der Waals surface area contributed by atoms with Crippen LogP contribution in [0.5, 0.6) is 0 Å². The number of hydrogen-bond acceptors (Lipinski definition) is 1. The van der Waals surface area contributed by atoms with Crippen LogP contribution in [0.15, 0.2) is 0 Å². The van der Waals surface area contributed by atoms with Crippen LogP contribution in [-0.4, -0.2) is 13.7 Å². The lowest BCUT2D eigenvalue weighted by atomic mass is 10.1. The molecule has 0 bridgehead atoms. The predicted molar refractivity (Wildman–Crippen MR) is 40.2 cm³/mol. The molecule has 0 aliphatic carbocycles. The molecular weight excluding hydrogens is 117 g/mol. The zero-order valence-corrected chi connectivity index (χ0v) is 6.65. The maximum atomic E-state index is 11.4. The fourth-order valence-corrected chi connectivity index (χ4v) is 0.485. The zero-order chi connectivity index (χ0) is 7.70. The fourth-order valence-electron chi connectivity index (χ4n) is 0.485. The molecule has 0 atom stereocenters. The average Bonchev–Trinajstić information content (AvgIpc) is 1.88. The molecule has 2 N–H and O–H groups in total. The fraction of sp³-hybridized carbons (Fsp3) is 1.00. The second-order valence-corrected chi connectivity index (χ2v) is 2.23. The van der Waals surface area contributed by atoms with Gasteiger partial charge >= 0.3 is 0 Å². The molecule has 0 unspecified atom stereocenters. The Hall–Kier alpha value is -0.110. The Morgan fingerprint density at radius 3 is 1.89 bits per heavy atom. The van der Waals surface area contributed by atoms with Crippen LogP contribution in [0.4, 0.5) is 4.39 Å². The van der Waals surface area contributed by atoms with E-state index < -0.39 is 0 Å². The second kappa shape index (κ2) is 10.8. The SMILES string of the molecule is CC(C)CCCF.CN. The molecule has 0 aliphatic heterocycles. The van der Waals surface area contributed by atoms with Crippen molar-refractivity contribution >= 4 is 0 Å². The minimum Gasteiger partial charge on any atom is -0.333 e. The van der Waals surface area contributed by atoms with Gasteiger partial charge in [-0.25, -0.2) is 0 Å². The zero-order valence-electron chi connectivity index (χ0n) is 6.65. The van der Waals surface area contributed by atoms with E-state index in [2.05, 4.69) is 19.6 Å². The Kier molecular flexibility index (Phi) is 14.0. The smallest absolute Gasteiger partial charge is 0.0894 e. The normalized spacial score (nSPS) is 8.67. The molecule has 9 heavy (non-hydrogen) atoms. The van der Waals surface area contributed by atoms with Crippen molar-refractivity contribution in [2.45, 2.75) is 26.7 Å². The molecule has 0 spiro atoms. The Balaban J connectivity index is 0. The van der Waals surface area contributed by atoms with Crippen molar-refractivity contribution in [1.29, 1.82) is 0 Å². The number of halogens is 1. The van der Waals surface area contributed by atoms with Gasteiger partial charge in [-0.15, -0.1) is 0 Å². The van der Waals surface area contributed by atoms with Crippen molar-refractivity contribution in [2.24, 2.45) is 11.7 Å². The van der Waals surface area contributed by atoms with Gasteiger partial charge in [0.05, 0.1) is 6.67 Å². The van der Waals surface area contributed by atoms with Gasteiger partial charge in [0, 0.05) is 0 Å². The average molecular weight is 135 g/mol. The van der Waals surface area contributed by atoms with Crippen LogP contribution in [0.2, 0.25) is 0 Å². The highest BCUT2D eigenvalue weighted by Crippen LogP contribution is 2.02. The molecule has 0 aromatic rings. The summed E-state index contributed by atoms with van der Waals surface area (Å²) >= 11 is 0. The first-order chi connectivity index (χ1) is 4.27. The van der Waals surface area contributed by atoms with E-state index >= 15 is 0 Å². The van der Waals surface area contributed by atoms with Crippen LogP contribution >= 0.6 is 0 Å². The summed E-state index contributed by atoms with van der Waals surface area (Å²) in [6.07, 6.45) is 1.76. The Labute approximate surface area is 57.4 Å². The third-order valence-corrected chi connectivity index (χ3v) is 0.915. The monoisotopic (exact) mass is 135 g/mol. The van der Waals surface area contributed by atoms with Crippen molar-refractivity contribution < 1.29 is 4.39 Å². The minimum atomic E-state index is -0.155. The maximum Gasteiger partial charge on any atom is 0.0894 e. The maximum absolute atomic E-state index is 11.4. The van der Waals surface area contributed by atoms with Gasteiger partial charge in [0.15, 0.2) is 0 Å². The molecule has 0 fully saturated rings. The summed E-state index contributed by atoms with van der Waals surface area (Å²) in [5.74, 6) is 0.663. The predicted octanol–water partition coefficient (Wildman–Crippen LogP) is 1.97. The second-order valence-electron chi connectivity index (χ2n) is 2.23. The minimum absolute atomic E-state index is 0.155. The molecule has 0 radical (unpaired) electrons. The summed E-state index contributed by atoms with van der Waals surface area (Å²) in [7, 11) is 1.50. The van der Waals surface area contributed by atoms with E-state index in [-0.39, 0.29) is 6.67 Å². The summed E-state index contributed by atoms with van der Waals surface area (Å²) in [4.78, 5) is 0.